The Bertz CT molecular complexity index is 1070. The quantitative estimate of drug-likeness (QED) is 0.567. The van der Waals surface area contributed by atoms with E-state index < -0.39 is 0 Å². The third-order valence-electron chi connectivity index (χ3n) is 4.07. The van der Waals surface area contributed by atoms with Crippen LogP contribution in [0.5, 0.6) is 0 Å². The van der Waals surface area contributed by atoms with Crippen LogP contribution in [0.15, 0.2) is 66.2 Å². The van der Waals surface area contributed by atoms with Crippen LogP contribution in [-0.4, -0.2) is 15.9 Å². The summed E-state index contributed by atoms with van der Waals surface area (Å²) in [5, 5.41) is 6.77. The molecule has 1 amide bonds. The SMILES string of the molecule is Cc1ccc(-c2nc(CC(=O)Nc3cnc4ccccc4c3)cs2)cc1. The number of nitrogens with one attached hydrogen (secondary N) is 1. The van der Waals surface area contributed by atoms with Crippen LogP contribution in [0.25, 0.3) is 21.5 Å². The lowest BCUT2D eigenvalue weighted by molar-refractivity contribution is -0.115. The van der Waals surface area contributed by atoms with E-state index in [1.54, 1.807) is 17.5 Å². The lowest BCUT2D eigenvalue weighted by atomic mass is 10.2. The second-order valence-electron chi connectivity index (χ2n) is 6.15. The summed E-state index contributed by atoms with van der Waals surface area (Å²) in [5.74, 6) is -0.0946. The van der Waals surface area contributed by atoms with Gasteiger partial charge < -0.3 is 5.32 Å². The summed E-state index contributed by atoms with van der Waals surface area (Å²) in [4.78, 5) is 21.3. The highest BCUT2D eigenvalue weighted by Crippen LogP contribution is 2.24. The number of amides is 1. The number of rotatable bonds is 4. The molecule has 0 aliphatic heterocycles. The molecule has 0 radical (unpaired) electrons. The Hall–Kier alpha value is -3.05. The molecule has 4 nitrogen and oxygen atoms in total. The number of benzene rings is 2. The topological polar surface area (TPSA) is 54.9 Å². The second-order valence-corrected chi connectivity index (χ2v) is 7.01. The normalized spacial score (nSPS) is 10.8. The van der Waals surface area contributed by atoms with Crippen LogP contribution < -0.4 is 5.32 Å². The molecule has 26 heavy (non-hydrogen) atoms. The summed E-state index contributed by atoms with van der Waals surface area (Å²) in [6, 6.07) is 18.0. The fourth-order valence-electron chi connectivity index (χ4n) is 2.73. The minimum Gasteiger partial charge on any atom is -0.324 e. The standard InChI is InChI=1S/C21H17N3OS/c1-14-6-8-15(9-7-14)21-24-18(13-26-21)11-20(25)23-17-10-16-4-2-3-5-19(16)22-12-17/h2-10,12-13H,11H2,1H3,(H,23,25). The Balaban J connectivity index is 1.45. The van der Waals surface area contributed by atoms with Gasteiger partial charge in [-0.15, -0.1) is 11.3 Å². The summed E-state index contributed by atoms with van der Waals surface area (Å²) >= 11 is 1.56. The van der Waals surface area contributed by atoms with Crippen LogP contribution in [-0.2, 0) is 11.2 Å². The summed E-state index contributed by atoms with van der Waals surface area (Å²) < 4.78 is 0. The van der Waals surface area contributed by atoms with Crippen molar-refractivity contribution in [3.05, 3.63) is 77.4 Å². The first kappa shape index (κ1) is 16.4. The third kappa shape index (κ3) is 3.63. The van der Waals surface area contributed by atoms with Crippen LogP contribution >= 0.6 is 11.3 Å². The van der Waals surface area contributed by atoms with E-state index in [0.29, 0.717) is 5.69 Å². The van der Waals surface area contributed by atoms with Crippen molar-refractivity contribution >= 4 is 33.8 Å². The maximum Gasteiger partial charge on any atom is 0.230 e. The maximum absolute atomic E-state index is 12.3. The molecule has 0 unspecified atom stereocenters. The number of para-hydroxylation sites is 1. The van der Waals surface area contributed by atoms with E-state index in [9.17, 15) is 4.79 Å². The van der Waals surface area contributed by atoms with Crippen molar-refractivity contribution < 1.29 is 4.79 Å². The summed E-state index contributed by atoms with van der Waals surface area (Å²) in [7, 11) is 0. The van der Waals surface area contributed by atoms with Crippen LogP contribution in [0.2, 0.25) is 0 Å². The number of pyridine rings is 1. The Labute approximate surface area is 155 Å². The Kier molecular flexibility index (Phi) is 4.46. The molecule has 0 saturated carbocycles. The fraction of sp³-hybridized carbons (Fsp3) is 0.0952. The molecule has 2 aromatic carbocycles. The first-order valence-corrected chi connectivity index (χ1v) is 9.21. The molecular formula is C21H17N3OS. The minimum atomic E-state index is -0.0946. The number of carbonyl (C=O) groups is 1. The minimum absolute atomic E-state index is 0.0946. The average molecular weight is 359 g/mol. The van der Waals surface area contributed by atoms with E-state index in [4.69, 9.17) is 0 Å². The van der Waals surface area contributed by atoms with E-state index in [0.717, 1.165) is 27.2 Å². The van der Waals surface area contributed by atoms with Crippen LogP contribution in [0.3, 0.4) is 0 Å². The van der Waals surface area contributed by atoms with Crippen molar-refractivity contribution in [1.82, 2.24) is 9.97 Å². The molecule has 4 rings (SSSR count). The van der Waals surface area contributed by atoms with Gasteiger partial charge in [-0.25, -0.2) is 4.98 Å². The van der Waals surface area contributed by atoms with Gasteiger partial charge in [-0.3, -0.25) is 9.78 Å². The predicted molar refractivity (Wildman–Crippen MR) is 106 cm³/mol. The maximum atomic E-state index is 12.3. The number of aryl methyl sites for hydroxylation is 1. The van der Waals surface area contributed by atoms with Crippen molar-refractivity contribution in [2.24, 2.45) is 0 Å². The molecule has 2 aromatic heterocycles. The molecule has 0 aliphatic carbocycles. The lowest BCUT2D eigenvalue weighted by Gasteiger charge is -2.05. The van der Waals surface area contributed by atoms with Crippen LogP contribution in [0, 0.1) is 6.92 Å². The average Bonchev–Trinajstić information content (AvgIpc) is 3.10. The smallest absolute Gasteiger partial charge is 0.230 e. The molecule has 0 bridgehead atoms. The van der Waals surface area contributed by atoms with Gasteiger partial charge >= 0.3 is 0 Å². The number of anilines is 1. The van der Waals surface area contributed by atoms with Gasteiger partial charge in [0.05, 0.1) is 29.5 Å². The monoisotopic (exact) mass is 359 g/mol. The van der Waals surface area contributed by atoms with Gasteiger partial charge in [-0.2, -0.15) is 0 Å². The number of nitrogens with zero attached hydrogens (tertiary/aromatic N) is 2. The highest BCUT2D eigenvalue weighted by atomic mass is 32.1. The molecule has 0 saturated heterocycles. The van der Waals surface area contributed by atoms with Crippen molar-refractivity contribution in [2.75, 3.05) is 5.32 Å². The summed E-state index contributed by atoms with van der Waals surface area (Å²) in [6.45, 7) is 2.06. The Morgan fingerprint density at radius 1 is 1.12 bits per heavy atom. The van der Waals surface area contributed by atoms with E-state index in [-0.39, 0.29) is 12.3 Å². The molecule has 0 atom stereocenters. The van der Waals surface area contributed by atoms with Crippen molar-refractivity contribution in [3.63, 3.8) is 0 Å². The van der Waals surface area contributed by atoms with Crippen molar-refractivity contribution in [2.45, 2.75) is 13.3 Å². The number of carbonyl (C=O) groups excluding carboxylic acids is 1. The molecule has 5 heteroatoms. The molecule has 0 spiro atoms. The molecule has 2 heterocycles. The van der Waals surface area contributed by atoms with E-state index >= 15 is 0 Å². The number of thiazole rings is 1. The van der Waals surface area contributed by atoms with Gasteiger partial charge in [0.25, 0.3) is 0 Å². The molecule has 1 N–H and O–H groups in total. The van der Waals surface area contributed by atoms with Gasteiger partial charge in [-0.05, 0) is 19.1 Å². The van der Waals surface area contributed by atoms with E-state index in [1.165, 1.54) is 5.56 Å². The van der Waals surface area contributed by atoms with Gasteiger partial charge in [0, 0.05) is 16.3 Å². The van der Waals surface area contributed by atoms with Gasteiger partial charge in [0.15, 0.2) is 0 Å². The molecule has 0 aliphatic rings. The highest BCUT2D eigenvalue weighted by Gasteiger charge is 2.10. The molecule has 128 valence electrons. The fourth-order valence-corrected chi connectivity index (χ4v) is 3.55. The zero-order chi connectivity index (χ0) is 17.9. The van der Waals surface area contributed by atoms with Crippen molar-refractivity contribution in [3.8, 4) is 10.6 Å². The van der Waals surface area contributed by atoms with Gasteiger partial charge in [0.1, 0.15) is 5.01 Å². The Morgan fingerprint density at radius 3 is 2.77 bits per heavy atom. The number of hydrogen-bond acceptors (Lipinski definition) is 4. The van der Waals surface area contributed by atoms with Crippen LogP contribution in [0.4, 0.5) is 5.69 Å². The summed E-state index contributed by atoms with van der Waals surface area (Å²) in [6.07, 6.45) is 1.92. The van der Waals surface area contributed by atoms with Gasteiger partial charge in [0.2, 0.25) is 5.91 Å². The molecule has 0 fully saturated rings. The number of fused-ring (bicyclic) bond motifs is 1. The second kappa shape index (κ2) is 7.06. The largest absolute Gasteiger partial charge is 0.324 e. The third-order valence-corrected chi connectivity index (χ3v) is 5.01. The summed E-state index contributed by atoms with van der Waals surface area (Å²) in [5.41, 5.74) is 4.67. The van der Waals surface area contributed by atoms with Crippen molar-refractivity contribution in [1.29, 1.82) is 0 Å². The molecule has 4 aromatic rings. The zero-order valence-electron chi connectivity index (χ0n) is 14.3. The first-order chi connectivity index (χ1) is 12.7. The number of aromatic nitrogens is 2. The number of hydrogen-bond donors (Lipinski definition) is 1. The van der Waals surface area contributed by atoms with Crippen LogP contribution in [0.1, 0.15) is 11.3 Å². The van der Waals surface area contributed by atoms with E-state index in [1.807, 2.05) is 35.7 Å². The van der Waals surface area contributed by atoms with E-state index in [2.05, 4.69) is 46.5 Å². The zero-order valence-corrected chi connectivity index (χ0v) is 15.1. The predicted octanol–water partition coefficient (Wildman–Crippen LogP) is 4.85. The van der Waals surface area contributed by atoms with Gasteiger partial charge in [-0.1, -0.05) is 48.0 Å². The lowest BCUT2D eigenvalue weighted by Crippen LogP contribution is -2.14. The Morgan fingerprint density at radius 2 is 1.92 bits per heavy atom. The highest BCUT2D eigenvalue weighted by molar-refractivity contribution is 7.13. The molecular weight excluding hydrogens is 342 g/mol. The first-order valence-electron chi connectivity index (χ1n) is 8.33.